The Morgan fingerprint density at radius 1 is 1.28 bits per heavy atom. The molecule has 1 unspecified atom stereocenters. The lowest BCUT2D eigenvalue weighted by atomic mass is 9.74. The van der Waals surface area contributed by atoms with Crippen molar-refractivity contribution >= 4 is 5.91 Å². The van der Waals surface area contributed by atoms with Crippen molar-refractivity contribution in [2.45, 2.75) is 58.3 Å². The Kier molecular flexibility index (Phi) is 5.04. The molecule has 18 heavy (non-hydrogen) atoms. The molecular weight excluding hydrogens is 224 g/mol. The lowest BCUT2D eigenvalue weighted by Gasteiger charge is -2.45. The van der Waals surface area contributed by atoms with Crippen molar-refractivity contribution in [1.29, 1.82) is 0 Å². The average Bonchev–Trinajstić information content (AvgIpc) is 2.40. The molecule has 2 aliphatic rings. The third-order valence-electron chi connectivity index (χ3n) is 4.57. The van der Waals surface area contributed by atoms with Crippen molar-refractivity contribution in [2.24, 2.45) is 5.41 Å². The molecule has 0 aliphatic carbocycles. The molecule has 2 saturated heterocycles. The summed E-state index contributed by atoms with van der Waals surface area (Å²) in [4.78, 5) is 14.3. The predicted octanol–water partition coefficient (Wildman–Crippen LogP) is 2.56. The maximum atomic E-state index is 12.2. The Hall–Kier alpha value is -0.570. The van der Waals surface area contributed by atoms with Crippen LogP contribution < -0.4 is 5.32 Å². The van der Waals surface area contributed by atoms with Crippen LogP contribution in [0.1, 0.15) is 58.3 Å². The van der Waals surface area contributed by atoms with Crippen LogP contribution in [-0.4, -0.2) is 37.0 Å². The minimum absolute atomic E-state index is 0.396. The van der Waals surface area contributed by atoms with Crippen molar-refractivity contribution in [1.82, 2.24) is 10.2 Å². The lowest BCUT2D eigenvalue weighted by molar-refractivity contribution is -0.135. The maximum absolute atomic E-state index is 12.2. The number of amides is 1. The van der Waals surface area contributed by atoms with E-state index in [1.807, 2.05) is 0 Å². The fourth-order valence-electron chi connectivity index (χ4n) is 3.48. The van der Waals surface area contributed by atoms with Crippen LogP contribution >= 0.6 is 0 Å². The number of carbonyl (C=O) groups excluding carboxylic acids is 1. The summed E-state index contributed by atoms with van der Waals surface area (Å²) in [6.45, 7) is 6.46. The van der Waals surface area contributed by atoms with Crippen molar-refractivity contribution in [3.05, 3.63) is 0 Å². The molecule has 104 valence electrons. The maximum Gasteiger partial charge on any atom is 0.222 e. The second-order valence-electron chi connectivity index (χ2n) is 6.16. The third kappa shape index (κ3) is 3.47. The van der Waals surface area contributed by atoms with E-state index in [0.29, 0.717) is 11.3 Å². The molecule has 3 nitrogen and oxygen atoms in total. The quantitative estimate of drug-likeness (QED) is 0.780. The normalized spacial score (nSPS) is 28.6. The number of carbonyl (C=O) groups is 1. The average molecular weight is 252 g/mol. The number of piperidine rings is 2. The minimum Gasteiger partial charge on any atom is -0.342 e. The molecular formula is C15H28N2O. The van der Waals surface area contributed by atoms with E-state index in [9.17, 15) is 4.79 Å². The van der Waals surface area contributed by atoms with Crippen molar-refractivity contribution in [3.8, 4) is 0 Å². The first-order valence-electron chi connectivity index (χ1n) is 7.74. The Bertz CT molecular complexity index is 266. The van der Waals surface area contributed by atoms with Crippen molar-refractivity contribution < 1.29 is 4.79 Å². The summed E-state index contributed by atoms with van der Waals surface area (Å²) in [6, 6.07) is 0. The molecule has 1 amide bonds. The van der Waals surface area contributed by atoms with Gasteiger partial charge in [-0.15, -0.1) is 0 Å². The SMILES string of the molecule is CCCCCC(=O)N1CCCC2(CCCNC2)C1. The molecule has 0 bridgehead atoms. The van der Waals surface area contributed by atoms with E-state index in [1.165, 1.54) is 38.5 Å². The van der Waals surface area contributed by atoms with Crippen molar-refractivity contribution in [3.63, 3.8) is 0 Å². The van der Waals surface area contributed by atoms with Crippen LogP contribution in [0.5, 0.6) is 0 Å². The first-order chi connectivity index (χ1) is 8.76. The zero-order valence-corrected chi connectivity index (χ0v) is 11.8. The highest BCUT2D eigenvalue weighted by molar-refractivity contribution is 5.76. The summed E-state index contributed by atoms with van der Waals surface area (Å²) in [7, 11) is 0. The third-order valence-corrected chi connectivity index (χ3v) is 4.57. The smallest absolute Gasteiger partial charge is 0.222 e. The van der Waals surface area contributed by atoms with Gasteiger partial charge in [0.1, 0.15) is 0 Å². The van der Waals surface area contributed by atoms with Crippen LogP contribution in [0, 0.1) is 5.41 Å². The van der Waals surface area contributed by atoms with Crippen LogP contribution in [0.3, 0.4) is 0 Å². The predicted molar refractivity (Wildman–Crippen MR) is 74.5 cm³/mol. The zero-order valence-electron chi connectivity index (χ0n) is 11.8. The largest absolute Gasteiger partial charge is 0.342 e. The van der Waals surface area contributed by atoms with Crippen LogP contribution in [0.25, 0.3) is 0 Å². The van der Waals surface area contributed by atoms with Gasteiger partial charge in [-0.1, -0.05) is 19.8 Å². The molecule has 1 spiro atoms. The molecule has 0 saturated carbocycles. The molecule has 0 aromatic rings. The number of hydrogen-bond acceptors (Lipinski definition) is 2. The van der Waals surface area contributed by atoms with E-state index in [0.717, 1.165) is 39.0 Å². The molecule has 1 atom stereocenters. The van der Waals surface area contributed by atoms with Gasteiger partial charge in [0.15, 0.2) is 0 Å². The molecule has 2 rings (SSSR count). The minimum atomic E-state index is 0.396. The topological polar surface area (TPSA) is 32.3 Å². The zero-order chi connectivity index (χ0) is 12.8. The molecule has 3 heteroatoms. The standard InChI is InChI=1S/C15H28N2O/c1-2-3-4-7-14(18)17-11-6-9-15(13-17)8-5-10-16-12-15/h16H,2-13H2,1H3. The van der Waals surface area contributed by atoms with E-state index in [-0.39, 0.29) is 0 Å². The lowest BCUT2D eigenvalue weighted by Crippen LogP contribution is -2.52. The van der Waals surface area contributed by atoms with E-state index in [2.05, 4.69) is 17.1 Å². The number of unbranched alkanes of at least 4 members (excludes halogenated alkanes) is 2. The summed E-state index contributed by atoms with van der Waals surface area (Å²) < 4.78 is 0. The van der Waals surface area contributed by atoms with Crippen LogP contribution in [-0.2, 0) is 4.79 Å². The van der Waals surface area contributed by atoms with Gasteiger partial charge in [-0.3, -0.25) is 4.79 Å². The van der Waals surface area contributed by atoms with Gasteiger partial charge in [-0.2, -0.15) is 0 Å². The van der Waals surface area contributed by atoms with Gasteiger partial charge in [0.2, 0.25) is 5.91 Å². The van der Waals surface area contributed by atoms with Gasteiger partial charge in [0.25, 0.3) is 0 Å². The highest BCUT2D eigenvalue weighted by Gasteiger charge is 2.37. The molecule has 0 aromatic heterocycles. The van der Waals surface area contributed by atoms with E-state index in [4.69, 9.17) is 0 Å². The Morgan fingerprint density at radius 2 is 2.11 bits per heavy atom. The van der Waals surface area contributed by atoms with Crippen LogP contribution in [0.2, 0.25) is 0 Å². The first-order valence-corrected chi connectivity index (χ1v) is 7.74. The fourth-order valence-corrected chi connectivity index (χ4v) is 3.48. The molecule has 0 radical (unpaired) electrons. The molecule has 2 aliphatic heterocycles. The van der Waals surface area contributed by atoms with Gasteiger partial charge < -0.3 is 10.2 Å². The summed E-state index contributed by atoms with van der Waals surface area (Å²) in [5, 5.41) is 3.52. The Morgan fingerprint density at radius 3 is 2.83 bits per heavy atom. The van der Waals surface area contributed by atoms with E-state index >= 15 is 0 Å². The van der Waals surface area contributed by atoms with E-state index < -0.39 is 0 Å². The van der Waals surface area contributed by atoms with Gasteiger partial charge in [0, 0.05) is 31.5 Å². The summed E-state index contributed by atoms with van der Waals surface area (Å²) >= 11 is 0. The Labute approximate surface area is 111 Å². The Balaban J connectivity index is 1.83. The summed E-state index contributed by atoms with van der Waals surface area (Å²) in [5.41, 5.74) is 0.400. The highest BCUT2D eigenvalue weighted by Crippen LogP contribution is 2.36. The number of hydrogen-bond donors (Lipinski definition) is 1. The van der Waals surface area contributed by atoms with Crippen LogP contribution in [0.15, 0.2) is 0 Å². The highest BCUT2D eigenvalue weighted by atomic mass is 16.2. The molecule has 2 heterocycles. The summed E-state index contributed by atoms with van der Waals surface area (Å²) in [6.07, 6.45) is 9.29. The van der Waals surface area contributed by atoms with Crippen molar-refractivity contribution in [2.75, 3.05) is 26.2 Å². The number of likely N-dealkylation sites (tertiary alicyclic amines) is 1. The first kappa shape index (κ1) is 13.9. The molecule has 0 aromatic carbocycles. The second-order valence-corrected chi connectivity index (χ2v) is 6.16. The van der Waals surface area contributed by atoms with Crippen LogP contribution in [0.4, 0.5) is 0 Å². The summed E-state index contributed by atoms with van der Waals surface area (Å²) in [5.74, 6) is 0.396. The van der Waals surface area contributed by atoms with Gasteiger partial charge in [-0.25, -0.2) is 0 Å². The monoisotopic (exact) mass is 252 g/mol. The van der Waals surface area contributed by atoms with E-state index in [1.54, 1.807) is 0 Å². The van der Waals surface area contributed by atoms with Gasteiger partial charge >= 0.3 is 0 Å². The molecule has 2 fully saturated rings. The number of rotatable bonds is 4. The van der Waals surface area contributed by atoms with Gasteiger partial charge in [-0.05, 0) is 38.6 Å². The fraction of sp³-hybridized carbons (Fsp3) is 0.933. The second kappa shape index (κ2) is 6.55. The number of nitrogens with one attached hydrogen (secondary N) is 1. The van der Waals surface area contributed by atoms with Gasteiger partial charge in [0.05, 0.1) is 0 Å². The number of nitrogens with zero attached hydrogens (tertiary/aromatic N) is 1. The molecule has 1 N–H and O–H groups in total.